The van der Waals surface area contributed by atoms with Crippen LogP contribution in [0.2, 0.25) is 34.5 Å². The van der Waals surface area contributed by atoms with Crippen LogP contribution in [0.1, 0.15) is 0 Å². The first-order valence-electron chi connectivity index (χ1n) is 3.95. The molecule has 0 aromatic rings. The fraction of sp³-hybridized carbons (Fsp3) is 0.750. The number of rotatable bonds is 2. The quantitative estimate of drug-likeness (QED) is 0.560. The Labute approximate surface area is 74.8 Å². The summed E-state index contributed by atoms with van der Waals surface area (Å²) in [7, 11) is -1.34. The van der Waals surface area contributed by atoms with Gasteiger partial charge in [0.25, 0.3) is 0 Å². The summed E-state index contributed by atoms with van der Waals surface area (Å²) in [4.78, 5) is 17.6. The van der Waals surface area contributed by atoms with Gasteiger partial charge in [-0.3, -0.25) is 0 Å². The van der Waals surface area contributed by atoms with Crippen LogP contribution < -0.4 is 0 Å². The Hall–Kier alpha value is 0.466. The molecule has 64 valence electrons. The second kappa shape index (κ2) is 3.46. The topological polar surface area (TPSA) is 17.1 Å². The second-order valence-electron chi connectivity index (χ2n) is 4.98. The van der Waals surface area contributed by atoms with E-state index >= 15 is 0 Å². The Morgan fingerprint density at radius 2 is 1.55 bits per heavy atom. The molecule has 3 heteroatoms. The summed E-state index contributed by atoms with van der Waals surface area (Å²) in [6.07, 6.45) is 0. The molecule has 0 aliphatic heterocycles. The van der Waals surface area contributed by atoms with Crippen LogP contribution in [0.3, 0.4) is 0 Å². The Balaban J connectivity index is 4.90. The third-order valence-electron chi connectivity index (χ3n) is 1.60. The average molecular weight is 277 g/mol. The molecule has 0 spiro atoms. The number of carbonyl (C=O) groups excluding carboxylic acids is 1. The van der Waals surface area contributed by atoms with Crippen molar-refractivity contribution in [2.45, 2.75) is 34.5 Å². The van der Waals surface area contributed by atoms with Gasteiger partial charge in [-0.15, -0.1) is 0 Å². The summed E-state index contributed by atoms with van der Waals surface area (Å²) in [5.74, 6) is 2.20. The summed E-state index contributed by atoms with van der Waals surface area (Å²) >= 11 is -2.07. The zero-order valence-electron chi connectivity index (χ0n) is 8.41. The van der Waals surface area contributed by atoms with E-state index in [0.717, 1.165) is 0 Å². The molecule has 0 aliphatic rings. The molecule has 0 heterocycles. The standard InChI is InChI=1S/C5H9OSi.3CH3.Sn/c1-7(2,3)5-4-6;;;;/h1-3H3;3*1H3;. The van der Waals surface area contributed by atoms with E-state index in [1.807, 2.05) is 0 Å². The molecule has 0 rings (SSSR count). The molecule has 0 saturated carbocycles. The van der Waals surface area contributed by atoms with Crippen LogP contribution in [0.15, 0.2) is 3.21 Å². The van der Waals surface area contributed by atoms with Gasteiger partial charge in [-0.2, -0.15) is 0 Å². The molecule has 0 amide bonds. The van der Waals surface area contributed by atoms with Crippen LogP contribution in [0, 0.1) is 0 Å². The third-order valence-corrected chi connectivity index (χ3v) is 19.2. The van der Waals surface area contributed by atoms with Crippen molar-refractivity contribution in [3.63, 3.8) is 0 Å². The summed E-state index contributed by atoms with van der Waals surface area (Å²) in [5.41, 5.74) is 0. The van der Waals surface area contributed by atoms with Crippen molar-refractivity contribution in [3.05, 3.63) is 3.21 Å². The maximum atomic E-state index is 10.7. The molecule has 0 bridgehead atoms. The zero-order valence-corrected chi connectivity index (χ0v) is 12.3. The van der Waals surface area contributed by atoms with Gasteiger partial charge < -0.3 is 0 Å². The second-order valence-corrected chi connectivity index (χ2v) is 25.7. The van der Waals surface area contributed by atoms with Gasteiger partial charge in [0.2, 0.25) is 0 Å². The van der Waals surface area contributed by atoms with E-state index in [4.69, 9.17) is 0 Å². The van der Waals surface area contributed by atoms with Crippen LogP contribution in [0.25, 0.3) is 0 Å². The van der Waals surface area contributed by atoms with Crippen molar-refractivity contribution >= 4 is 32.4 Å². The van der Waals surface area contributed by atoms with Gasteiger partial charge in [-0.05, 0) is 0 Å². The monoisotopic (exact) mass is 278 g/mol. The number of hydrogen-bond acceptors (Lipinski definition) is 1. The molecule has 0 atom stereocenters. The first kappa shape index (κ1) is 11.5. The van der Waals surface area contributed by atoms with Crippen LogP contribution in [0.4, 0.5) is 0 Å². The SMILES string of the molecule is C[Si](C)(C)[C](=C=O)[Sn]([CH3])([CH3])[CH3]. The third kappa shape index (κ3) is 3.58. The fourth-order valence-corrected chi connectivity index (χ4v) is 24.1. The van der Waals surface area contributed by atoms with Crippen molar-refractivity contribution in [3.8, 4) is 0 Å². The molecule has 0 unspecified atom stereocenters. The van der Waals surface area contributed by atoms with Crippen molar-refractivity contribution in [2.75, 3.05) is 0 Å². The molecule has 0 aromatic heterocycles. The van der Waals surface area contributed by atoms with Gasteiger partial charge in [0, 0.05) is 0 Å². The van der Waals surface area contributed by atoms with E-state index in [0.29, 0.717) is 0 Å². The van der Waals surface area contributed by atoms with Gasteiger partial charge in [0.1, 0.15) is 0 Å². The normalized spacial score (nSPS) is 12.5. The van der Waals surface area contributed by atoms with Gasteiger partial charge >= 0.3 is 74.9 Å². The Morgan fingerprint density at radius 1 is 1.18 bits per heavy atom. The van der Waals surface area contributed by atoms with Crippen LogP contribution in [-0.2, 0) is 4.79 Å². The molecule has 0 N–H and O–H groups in total. The van der Waals surface area contributed by atoms with Crippen LogP contribution >= 0.6 is 0 Å². The van der Waals surface area contributed by atoms with Crippen molar-refractivity contribution in [1.29, 1.82) is 0 Å². The molecular weight excluding hydrogens is 259 g/mol. The summed E-state index contributed by atoms with van der Waals surface area (Å²) in [6.45, 7) is 6.69. The van der Waals surface area contributed by atoms with E-state index in [1.54, 1.807) is 0 Å². The van der Waals surface area contributed by atoms with Crippen LogP contribution in [0.5, 0.6) is 0 Å². The Kier molecular flexibility index (Phi) is 3.61. The summed E-state index contributed by atoms with van der Waals surface area (Å²) in [5, 5.41) is 0. The molecular formula is C8H18OSiSn. The van der Waals surface area contributed by atoms with E-state index in [9.17, 15) is 4.79 Å². The first-order valence-corrected chi connectivity index (χ1v) is 17.4. The molecule has 0 radical (unpaired) electrons. The minimum absolute atomic E-state index is 1.20. The molecule has 1 nitrogen and oxygen atoms in total. The van der Waals surface area contributed by atoms with Gasteiger partial charge in [0.15, 0.2) is 0 Å². The molecule has 0 aromatic carbocycles. The Morgan fingerprint density at radius 3 is 1.55 bits per heavy atom. The first-order chi connectivity index (χ1) is 4.69. The predicted molar refractivity (Wildman–Crippen MR) is 55.9 cm³/mol. The van der Waals surface area contributed by atoms with Gasteiger partial charge in [-0.25, -0.2) is 0 Å². The van der Waals surface area contributed by atoms with Crippen molar-refractivity contribution < 1.29 is 4.79 Å². The molecule has 11 heavy (non-hydrogen) atoms. The average Bonchev–Trinajstić information content (AvgIpc) is 1.56. The molecule has 0 saturated heterocycles. The van der Waals surface area contributed by atoms with E-state index in [-0.39, 0.29) is 0 Å². The minimum atomic E-state index is -2.07. The van der Waals surface area contributed by atoms with E-state index < -0.39 is 26.5 Å². The molecule has 0 fully saturated rings. The zero-order chi connectivity index (χ0) is 9.28. The van der Waals surface area contributed by atoms with Gasteiger partial charge in [-0.1, -0.05) is 0 Å². The molecule has 0 aliphatic carbocycles. The van der Waals surface area contributed by atoms with Crippen molar-refractivity contribution in [2.24, 2.45) is 0 Å². The van der Waals surface area contributed by atoms with Gasteiger partial charge in [0.05, 0.1) is 0 Å². The maximum absolute atomic E-state index is 10.7. The summed E-state index contributed by atoms with van der Waals surface area (Å²) in [6, 6.07) is 0. The van der Waals surface area contributed by atoms with Crippen molar-refractivity contribution in [1.82, 2.24) is 0 Å². The number of hydrogen-bond donors (Lipinski definition) is 0. The van der Waals surface area contributed by atoms with E-state index in [2.05, 4.69) is 40.4 Å². The summed E-state index contributed by atoms with van der Waals surface area (Å²) < 4.78 is 1.20. The predicted octanol–water partition coefficient (Wildman–Crippen LogP) is 2.50. The van der Waals surface area contributed by atoms with E-state index in [1.165, 1.54) is 3.21 Å². The Bertz CT molecular complexity index is 175. The fourth-order valence-electron chi connectivity index (χ4n) is 1.43. The van der Waals surface area contributed by atoms with Crippen LogP contribution in [-0.4, -0.2) is 32.4 Å².